The third-order valence-electron chi connectivity index (χ3n) is 10.6. The maximum atomic E-state index is 11.1. The van der Waals surface area contributed by atoms with Gasteiger partial charge in [-0.3, -0.25) is 13.7 Å². The van der Waals surface area contributed by atoms with E-state index in [0.29, 0.717) is 53.8 Å². The molecule has 0 aliphatic heterocycles. The van der Waals surface area contributed by atoms with Crippen molar-refractivity contribution in [3.63, 3.8) is 0 Å². The van der Waals surface area contributed by atoms with Gasteiger partial charge in [0.1, 0.15) is 64.9 Å². The molecule has 6 N–H and O–H groups in total. The molecule has 0 heterocycles. The van der Waals surface area contributed by atoms with Crippen LogP contribution in [0.1, 0.15) is 55.2 Å². The SMILES string of the molecule is O=P(O)(O)C(CCCc1ccc(Oc2ccccc2)cc1)S(=O)(=O)[O-].O=P(O)(O)C(CCCc1ccc(Oc2ccccc2)cc1)S(=O)(=O)[O-].O=P(O)(O)C(CCCc1ccc(Oc2ccccc2)cc1)S(=O)(=O)[O-].[K+].[K+].[K+]. The molecule has 0 aliphatic carbocycles. The van der Waals surface area contributed by atoms with E-state index in [0.717, 1.165) is 16.7 Å². The van der Waals surface area contributed by atoms with Crippen LogP contribution in [0, 0.1) is 0 Å². The molecule has 6 aromatic carbocycles. The van der Waals surface area contributed by atoms with Crippen LogP contribution >= 0.6 is 22.8 Å². The van der Waals surface area contributed by atoms with Gasteiger partial charge in [0.05, 0.1) is 0 Å². The van der Waals surface area contributed by atoms with E-state index in [-0.39, 0.29) is 173 Å². The Balaban J connectivity index is 0.000000574. The van der Waals surface area contributed by atoms with Gasteiger partial charge in [0, 0.05) is 0 Å². The molecule has 408 valence electrons. The number of rotatable bonds is 24. The molecule has 0 saturated carbocycles. The molecule has 0 saturated heterocycles. The summed E-state index contributed by atoms with van der Waals surface area (Å²) in [6, 6.07) is 48.8. The Morgan fingerprint density at radius 2 is 0.513 bits per heavy atom. The van der Waals surface area contributed by atoms with Crippen LogP contribution < -0.4 is 168 Å². The van der Waals surface area contributed by atoms with Crippen molar-refractivity contribution in [3.05, 3.63) is 180 Å². The van der Waals surface area contributed by atoms with Crippen LogP contribution in [0.5, 0.6) is 34.5 Å². The van der Waals surface area contributed by atoms with Gasteiger partial charge in [-0.1, -0.05) is 91.0 Å². The molecular weight excluding hydrogens is 1220 g/mol. The molecule has 0 aliphatic rings. The number of benzene rings is 6. The average molecular weight is 1270 g/mol. The van der Waals surface area contributed by atoms with Crippen molar-refractivity contribution in [2.24, 2.45) is 0 Å². The first-order valence-electron chi connectivity index (χ1n) is 22.4. The molecule has 0 amide bonds. The zero-order valence-electron chi connectivity index (χ0n) is 42.6. The first-order chi connectivity index (χ1) is 35.0. The molecule has 3 unspecified atom stereocenters. The molecule has 21 nitrogen and oxygen atoms in total. The second-order valence-electron chi connectivity index (χ2n) is 16.5. The van der Waals surface area contributed by atoms with Gasteiger partial charge in [-0.25, -0.2) is 25.3 Å². The number of hydrogen-bond donors (Lipinski definition) is 6. The van der Waals surface area contributed by atoms with E-state index >= 15 is 0 Å². The summed E-state index contributed by atoms with van der Waals surface area (Å²) in [6.45, 7) is 0. The van der Waals surface area contributed by atoms with Crippen LogP contribution in [0.4, 0.5) is 0 Å². The Morgan fingerprint density at radius 3 is 0.679 bits per heavy atom. The Hall–Kier alpha value is -0.191. The predicted octanol–water partition coefficient (Wildman–Crippen LogP) is -0.436. The Kier molecular flexibility index (Phi) is 34.9. The number of para-hydroxylation sites is 3. The van der Waals surface area contributed by atoms with E-state index in [4.69, 9.17) is 43.6 Å². The van der Waals surface area contributed by atoms with E-state index < -0.39 is 87.4 Å². The summed E-state index contributed by atoms with van der Waals surface area (Å²) >= 11 is 0. The van der Waals surface area contributed by atoms with Crippen LogP contribution in [-0.4, -0.2) is 83.2 Å². The van der Waals surface area contributed by atoms with Crippen LogP contribution in [0.3, 0.4) is 0 Å². The van der Waals surface area contributed by atoms with Crippen molar-refractivity contribution in [1.29, 1.82) is 0 Å². The van der Waals surface area contributed by atoms with E-state index in [1.54, 1.807) is 72.8 Å². The molecule has 6 rings (SSSR count). The fraction of sp³-hybridized carbons (Fsp3) is 0.250. The van der Waals surface area contributed by atoms with E-state index in [2.05, 4.69) is 0 Å². The van der Waals surface area contributed by atoms with Gasteiger partial charge < -0.3 is 57.2 Å². The number of ether oxygens (including phenoxy) is 3. The molecule has 30 heteroatoms. The van der Waals surface area contributed by atoms with Gasteiger partial charge in [-0.2, -0.15) is 0 Å². The smallest absolute Gasteiger partial charge is 0.747 e. The van der Waals surface area contributed by atoms with Gasteiger partial charge >= 0.3 is 177 Å². The van der Waals surface area contributed by atoms with Gasteiger partial charge in [-0.15, -0.1) is 0 Å². The van der Waals surface area contributed by atoms with Crippen molar-refractivity contribution in [2.75, 3.05) is 0 Å². The van der Waals surface area contributed by atoms with Gasteiger partial charge in [0.15, 0.2) is 15.0 Å². The summed E-state index contributed by atoms with van der Waals surface area (Å²) in [5.41, 5.74) is 2.52. The molecule has 0 radical (unpaired) electrons. The van der Waals surface area contributed by atoms with Crippen LogP contribution in [0.2, 0.25) is 0 Å². The average Bonchev–Trinajstić information content (AvgIpc) is 3.31. The molecule has 0 aromatic heterocycles. The summed E-state index contributed by atoms with van der Waals surface area (Å²) in [5, 5.41) is 0. The Bertz CT molecular complexity index is 2850. The summed E-state index contributed by atoms with van der Waals surface area (Å²) in [5.74, 6) is 3.97. The van der Waals surface area contributed by atoms with E-state index in [1.165, 1.54) is 0 Å². The van der Waals surface area contributed by atoms with E-state index in [9.17, 15) is 52.6 Å². The second-order valence-corrected chi connectivity index (χ2v) is 27.6. The normalized spacial score (nSPS) is 12.9. The predicted molar refractivity (Wildman–Crippen MR) is 274 cm³/mol. The van der Waals surface area contributed by atoms with Crippen molar-refractivity contribution < 1.29 is 250 Å². The summed E-state index contributed by atoms with van der Waals surface area (Å²) in [7, 11) is -30.1. The fourth-order valence-electron chi connectivity index (χ4n) is 6.93. The molecule has 0 spiro atoms. The monoisotopic (exact) mass is 1270 g/mol. The zero-order chi connectivity index (χ0) is 55.5. The molecule has 3 atom stereocenters. The van der Waals surface area contributed by atoms with E-state index in [1.807, 2.05) is 91.0 Å². The van der Waals surface area contributed by atoms with Crippen LogP contribution in [-0.2, 0) is 63.3 Å². The van der Waals surface area contributed by atoms with Crippen molar-refractivity contribution in [3.8, 4) is 34.5 Å². The summed E-state index contributed by atoms with van der Waals surface area (Å²) in [4.78, 5) is 47.4. The number of hydrogen-bond acceptors (Lipinski definition) is 15. The minimum absolute atomic E-state index is 0. The quantitative estimate of drug-likeness (QED) is 0.0254. The zero-order valence-corrected chi connectivity index (χ0v) is 57.1. The molecule has 78 heavy (non-hydrogen) atoms. The summed E-state index contributed by atoms with van der Waals surface area (Å²) < 4.78 is 149. The van der Waals surface area contributed by atoms with Crippen molar-refractivity contribution >= 4 is 53.1 Å². The van der Waals surface area contributed by atoms with Gasteiger partial charge in [-0.05, 0) is 147 Å². The first-order valence-corrected chi connectivity index (χ1v) is 31.9. The molecular formula is C48H54K3O21P3S3. The standard InChI is InChI=1S/3C16H19O7PS.3K/c3*17-24(18,19)16(25(20,21)22)8-4-5-13-9-11-15(12-10-13)23-14-6-2-1-3-7-14;;;/h3*1-3,6-7,9-12,16H,4-5,8H2,(H2,17,18,19)(H,20,21,22);;;/q;;;3*+1/p-3. The molecule has 6 aromatic rings. The first kappa shape index (κ1) is 75.8. The summed E-state index contributed by atoms with van der Waals surface area (Å²) in [6.07, 6.45) is 0.477. The topological polar surface area (TPSA) is 372 Å². The Labute approximate surface area is 581 Å². The van der Waals surface area contributed by atoms with Crippen LogP contribution in [0.15, 0.2) is 164 Å². The van der Waals surface area contributed by atoms with Crippen LogP contribution in [0.25, 0.3) is 0 Å². The largest absolute Gasteiger partial charge is 1.00 e. The number of aryl methyl sites for hydroxylation is 3. The van der Waals surface area contributed by atoms with Gasteiger partial charge in [0.25, 0.3) is 0 Å². The molecule has 0 fully saturated rings. The minimum atomic E-state index is -5.05. The fourth-order valence-corrected chi connectivity index (χ4v) is 13.9. The molecule has 0 bridgehead atoms. The van der Waals surface area contributed by atoms with Crippen molar-refractivity contribution in [2.45, 2.75) is 72.8 Å². The maximum absolute atomic E-state index is 11.1. The van der Waals surface area contributed by atoms with Crippen molar-refractivity contribution in [1.82, 2.24) is 0 Å². The third-order valence-corrected chi connectivity index (χ3v) is 21.1. The third kappa shape index (κ3) is 29.6. The minimum Gasteiger partial charge on any atom is -0.747 e. The second kappa shape index (κ2) is 36.0. The van der Waals surface area contributed by atoms with Gasteiger partial charge in [0.2, 0.25) is 0 Å². The Morgan fingerprint density at radius 1 is 0.333 bits per heavy atom. The maximum Gasteiger partial charge on any atom is 1.00 e.